The van der Waals surface area contributed by atoms with Crippen LogP contribution < -0.4 is 10.2 Å². The van der Waals surface area contributed by atoms with Crippen LogP contribution in [-0.2, 0) is 13.7 Å². The predicted octanol–water partition coefficient (Wildman–Crippen LogP) is 1.26. The van der Waals surface area contributed by atoms with Gasteiger partial charge in [0.25, 0.3) is 5.91 Å². The third-order valence-electron chi connectivity index (χ3n) is 2.52. The first kappa shape index (κ1) is 13.0. The van der Waals surface area contributed by atoms with Crippen LogP contribution in [0.3, 0.4) is 0 Å². The highest BCUT2D eigenvalue weighted by molar-refractivity contribution is 5.94. The molecule has 6 nitrogen and oxygen atoms in total. The summed E-state index contributed by atoms with van der Waals surface area (Å²) in [6, 6.07) is 5.60. The maximum absolute atomic E-state index is 13.7. The van der Waals surface area contributed by atoms with Gasteiger partial charge in [-0.1, -0.05) is 6.07 Å². The van der Waals surface area contributed by atoms with Crippen LogP contribution in [0.25, 0.3) is 0 Å². The first-order chi connectivity index (χ1) is 9.11. The number of nitrogens with zero attached hydrogens (tertiary/aromatic N) is 2. The van der Waals surface area contributed by atoms with E-state index in [1.807, 2.05) is 0 Å². The number of carbonyl (C=O) groups excluding carboxylic acids is 1. The summed E-state index contributed by atoms with van der Waals surface area (Å²) in [6.45, 7) is -0.160. The molecule has 100 valence electrons. The number of carbonyl (C=O) groups is 1. The molecule has 2 rings (SSSR count). The maximum atomic E-state index is 13.7. The summed E-state index contributed by atoms with van der Waals surface area (Å²) in [7, 11) is 1.72. The fourth-order valence-corrected chi connectivity index (χ4v) is 1.60. The Morgan fingerprint density at radius 3 is 2.95 bits per heavy atom. The van der Waals surface area contributed by atoms with Gasteiger partial charge in [-0.05, 0) is 12.1 Å². The molecule has 0 aliphatic heterocycles. The van der Waals surface area contributed by atoms with Gasteiger partial charge in [-0.2, -0.15) is 0 Å². The molecular formula is C12H12FN3O3. The van der Waals surface area contributed by atoms with E-state index in [1.165, 1.54) is 28.4 Å². The van der Waals surface area contributed by atoms with Crippen LogP contribution in [0.15, 0.2) is 30.5 Å². The second kappa shape index (κ2) is 5.49. The SMILES string of the molecule is Cn1ccc(OCc2c(F)cccc2C(=O)NO)n1. The van der Waals surface area contributed by atoms with Gasteiger partial charge >= 0.3 is 0 Å². The lowest BCUT2D eigenvalue weighted by Crippen LogP contribution is -2.21. The van der Waals surface area contributed by atoms with E-state index in [0.29, 0.717) is 5.88 Å². The van der Waals surface area contributed by atoms with Crippen molar-refractivity contribution in [3.63, 3.8) is 0 Å². The van der Waals surface area contributed by atoms with Crippen LogP contribution in [0, 0.1) is 5.82 Å². The summed E-state index contributed by atoms with van der Waals surface area (Å²) in [6.07, 6.45) is 1.68. The first-order valence-corrected chi connectivity index (χ1v) is 5.46. The second-order valence-corrected chi connectivity index (χ2v) is 3.82. The van der Waals surface area contributed by atoms with Crippen molar-refractivity contribution >= 4 is 5.91 Å². The summed E-state index contributed by atoms with van der Waals surface area (Å²) in [5.74, 6) is -1.06. The molecular weight excluding hydrogens is 253 g/mol. The Balaban J connectivity index is 2.21. The Kier molecular flexibility index (Phi) is 3.76. The third kappa shape index (κ3) is 2.89. The van der Waals surface area contributed by atoms with Gasteiger partial charge in [-0.25, -0.2) is 9.87 Å². The summed E-state index contributed by atoms with van der Waals surface area (Å²) < 4.78 is 20.5. The number of amides is 1. The summed E-state index contributed by atoms with van der Waals surface area (Å²) in [5.41, 5.74) is 1.54. The van der Waals surface area contributed by atoms with E-state index >= 15 is 0 Å². The number of nitrogens with one attached hydrogen (secondary N) is 1. The lowest BCUT2D eigenvalue weighted by molar-refractivity contribution is 0.0703. The molecule has 0 aliphatic carbocycles. The Bertz CT molecular complexity index is 598. The molecule has 1 amide bonds. The number of hydrogen-bond acceptors (Lipinski definition) is 4. The monoisotopic (exact) mass is 265 g/mol. The fourth-order valence-electron chi connectivity index (χ4n) is 1.60. The standard InChI is InChI=1S/C12H12FN3O3/c1-16-6-5-11(14-16)19-7-9-8(12(17)15-18)3-2-4-10(9)13/h2-6,18H,7H2,1H3,(H,15,17). The predicted molar refractivity (Wildman–Crippen MR) is 63.2 cm³/mol. The highest BCUT2D eigenvalue weighted by atomic mass is 19.1. The smallest absolute Gasteiger partial charge is 0.275 e. The van der Waals surface area contributed by atoms with Crippen molar-refractivity contribution < 1.29 is 19.1 Å². The number of aromatic nitrogens is 2. The van der Waals surface area contributed by atoms with Crippen LogP contribution in [0.1, 0.15) is 15.9 Å². The minimum absolute atomic E-state index is 0.0124. The van der Waals surface area contributed by atoms with Crippen LogP contribution in [0.5, 0.6) is 5.88 Å². The number of ether oxygens (including phenoxy) is 1. The largest absolute Gasteiger partial charge is 0.472 e. The zero-order valence-corrected chi connectivity index (χ0v) is 10.1. The van der Waals surface area contributed by atoms with Gasteiger partial charge in [0.2, 0.25) is 5.88 Å². The van der Waals surface area contributed by atoms with Crippen molar-refractivity contribution in [2.75, 3.05) is 0 Å². The molecule has 2 N–H and O–H groups in total. The molecule has 7 heteroatoms. The van der Waals surface area contributed by atoms with E-state index in [0.717, 1.165) is 0 Å². The number of aryl methyl sites for hydroxylation is 1. The normalized spacial score (nSPS) is 10.3. The molecule has 0 aliphatic rings. The van der Waals surface area contributed by atoms with Crippen molar-refractivity contribution in [2.24, 2.45) is 7.05 Å². The molecule has 0 unspecified atom stereocenters. The Morgan fingerprint density at radius 2 is 2.32 bits per heavy atom. The van der Waals surface area contributed by atoms with E-state index in [-0.39, 0.29) is 17.7 Å². The van der Waals surface area contributed by atoms with Crippen molar-refractivity contribution in [1.82, 2.24) is 15.3 Å². The van der Waals surface area contributed by atoms with Gasteiger partial charge < -0.3 is 4.74 Å². The highest BCUT2D eigenvalue weighted by Crippen LogP contribution is 2.16. The number of halogens is 1. The first-order valence-electron chi connectivity index (χ1n) is 5.46. The molecule has 19 heavy (non-hydrogen) atoms. The third-order valence-corrected chi connectivity index (χ3v) is 2.52. The van der Waals surface area contributed by atoms with Gasteiger partial charge in [0.1, 0.15) is 12.4 Å². The minimum atomic E-state index is -0.792. The average Bonchev–Trinajstić information content (AvgIpc) is 2.82. The zero-order valence-electron chi connectivity index (χ0n) is 10.1. The molecule has 0 saturated carbocycles. The van der Waals surface area contributed by atoms with E-state index in [1.54, 1.807) is 19.3 Å². The molecule has 1 aromatic heterocycles. The Labute approximate surface area is 108 Å². The van der Waals surface area contributed by atoms with E-state index in [4.69, 9.17) is 9.94 Å². The lowest BCUT2D eigenvalue weighted by atomic mass is 10.1. The van der Waals surface area contributed by atoms with Crippen LogP contribution in [-0.4, -0.2) is 20.9 Å². The number of rotatable bonds is 4. The topological polar surface area (TPSA) is 76.4 Å². The van der Waals surface area contributed by atoms with Crippen molar-refractivity contribution in [1.29, 1.82) is 0 Å². The van der Waals surface area contributed by atoms with Crippen molar-refractivity contribution in [2.45, 2.75) is 6.61 Å². The summed E-state index contributed by atoms with van der Waals surface area (Å²) in [4.78, 5) is 11.4. The number of hydroxylamine groups is 1. The van der Waals surface area contributed by atoms with E-state index in [9.17, 15) is 9.18 Å². The lowest BCUT2D eigenvalue weighted by Gasteiger charge is -2.09. The second-order valence-electron chi connectivity index (χ2n) is 3.82. The fraction of sp³-hybridized carbons (Fsp3) is 0.167. The van der Waals surface area contributed by atoms with E-state index in [2.05, 4.69) is 5.10 Å². The summed E-state index contributed by atoms with van der Waals surface area (Å²) >= 11 is 0. The van der Waals surface area contributed by atoms with Gasteiger partial charge in [0, 0.05) is 24.9 Å². The van der Waals surface area contributed by atoms with Gasteiger partial charge in [0.05, 0.1) is 5.56 Å². The number of benzene rings is 1. The van der Waals surface area contributed by atoms with Gasteiger partial charge in [0.15, 0.2) is 0 Å². The quantitative estimate of drug-likeness (QED) is 0.644. The molecule has 2 aromatic rings. The highest BCUT2D eigenvalue weighted by Gasteiger charge is 2.15. The molecule has 1 aromatic carbocycles. The van der Waals surface area contributed by atoms with E-state index < -0.39 is 11.7 Å². The molecule has 0 fully saturated rings. The molecule has 1 heterocycles. The zero-order chi connectivity index (χ0) is 13.8. The maximum Gasteiger partial charge on any atom is 0.275 e. The van der Waals surface area contributed by atoms with Crippen molar-refractivity contribution in [3.8, 4) is 5.88 Å². The molecule has 0 bridgehead atoms. The molecule has 0 radical (unpaired) electrons. The minimum Gasteiger partial charge on any atom is -0.472 e. The van der Waals surface area contributed by atoms with Crippen LogP contribution in [0.2, 0.25) is 0 Å². The average molecular weight is 265 g/mol. The molecule has 0 atom stereocenters. The van der Waals surface area contributed by atoms with Gasteiger partial charge in [-0.15, -0.1) is 5.10 Å². The van der Waals surface area contributed by atoms with Crippen LogP contribution in [0.4, 0.5) is 4.39 Å². The molecule has 0 saturated heterocycles. The Hall–Kier alpha value is -2.41. The van der Waals surface area contributed by atoms with Crippen LogP contribution >= 0.6 is 0 Å². The van der Waals surface area contributed by atoms with Crippen molar-refractivity contribution in [3.05, 3.63) is 47.4 Å². The summed E-state index contributed by atoms with van der Waals surface area (Å²) in [5, 5.41) is 12.6. The van der Waals surface area contributed by atoms with Gasteiger partial charge in [-0.3, -0.25) is 14.7 Å². The molecule has 0 spiro atoms. The number of hydrogen-bond donors (Lipinski definition) is 2. The Morgan fingerprint density at radius 1 is 1.53 bits per heavy atom.